The maximum atomic E-state index is 12.2. The van der Waals surface area contributed by atoms with Gasteiger partial charge in [0.2, 0.25) is 0 Å². The third kappa shape index (κ3) is 5.83. The van der Waals surface area contributed by atoms with E-state index in [2.05, 4.69) is 42.3 Å². The van der Waals surface area contributed by atoms with E-state index in [0.717, 1.165) is 29.4 Å². The third-order valence-electron chi connectivity index (χ3n) is 4.93. The second-order valence-corrected chi connectivity index (χ2v) is 7.57. The number of rotatable bonds is 10. The van der Waals surface area contributed by atoms with Crippen LogP contribution in [0.15, 0.2) is 24.4 Å². The van der Waals surface area contributed by atoms with Gasteiger partial charge in [0, 0.05) is 48.6 Å². The highest BCUT2D eigenvalue weighted by atomic mass is 16.5. The molecule has 0 aliphatic carbocycles. The number of benzene rings is 1. The summed E-state index contributed by atoms with van der Waals surface area (Å²) in [7, 11) is 1.34. The number of esters is 2. The van der Waals surface area contributed by atoms with Gasteiger partial charge >= 0.3 is 11.9 Å². The smallest absolute Gasteiger partial charge is 0.311 e. The summed E-state index contributed by atoms with van der Waals surface area (Å²) in [6.45, 7) is 9.75. The van der Waals surface area contributed by atoms with E-state index in [1.165, 1.54) is 7.11 Å². The van der Waals surface area contributed by atoms with Gasteiger partial charge in [0.25, 0.3) is 0 Å². The summed E-state index contributed by atoms with van der Waals surface area (Å²) >= 11 is 0. The van der Waals surface area contributed by atoms with E-state index >= 15 is 0 Å². The van der Waals surface area contributed by atoms with Crippen LogP contribution in [0.3, 0.4) is 0 Å². The lowest BCUT2D eigenvalue weighted by molar-refractivity contribution is -0.141. The molecule has 28 heavy (non-hydrogen) atoms. The molecule has 0 bridgehead atoms. The fourth-order valence-corrected chi connectivity index (χ4v) is 3.52. The number of hydrogen-bond donors (Lipinski definition) is 1. The van der Waals surface area contributed by atoms with Crippen molar-refractivity contribution in [2.75, 3.05) is 13.7 Å². The number of nitrogens with zero attached hydrogens (tertiary/aromatic N) is 1. The van der Waals surface area contributed by atoms with E-state index in [-0.39, 0.29) is 24.8 Å². The van der Waals surface area contributed by atoms with Crippen molar-refractivity contribution in [1.82, 2.24) is 9.88 Å². The van der Waals surface area contributed by atoms with E-state index in [1.54, 1.807) is 0 Å². The highest BCUT2D eigenvalue weighted by molar-refractivity contribution is 5.91. The molecule has 0 aliphatic rings. The number of carbonyl (C=O) groups is 2. The van der Waals surface area contributed by atoms with Crippen LogP contribution in [0.4, 0.5) is 0 Å². The first-order chi connectivity index (χ1) is 13.3. The van der Waals surface area contributed by atoms with Crippen molar-refractivity contribution in [3.8, 4) is 5.75 Å². The van der Waals surface area contributed by atoms with Crippen molar-refractivity contribution < 1.29 is 19.1 Å². The average Bonchev–Trinajstić information content (AvgIpc) is 3.05. The topological polar surface area (TPSA) is 71.6 Å². The Hall–Kier alpha value is -2.34. The Morgan fingerprint density at radius 2 is 1.75 bits per heavy atom. The second kappa shape index (κ2) is 10.3. The number of aromatic amines is 1. The first kappa shape index (κ1) is 22.0. The Bertz CT molecular complexity index is 787. The van der Waals surface area contributed by atoms with Crippen LogP contribution in [0, 0.1) is 0 Å². The number of ether oxygens (including phenoxy) is 2. The third-order valence-corrected chi connectivity index (χ3v) is 4.93. The van der Waals surface area contributed by atoms with E-state index in [4.69, 9.17) is 4.74 Å². The second-order valence-electron chi connectivity index (χ2n) is 7.57. The number of fused-ring (bicyclic) bond motifs is 1. The van der Waals surface area contributed by atoms with Crippen LogP contribution in [0.1, 0.15) is 52.5 Å². The van der Waals surface area contributed by atoms with Crippen LogP contribution in [0.5, 0.6) is 5.75 Å². The number of methoxy groups -OCH3 is 1. The number of carbonyl (C=O) groups excluding carboxylic acids is 2. The Morgan fingerprint density at radius 3 is 2.39 bits per heavy atom. The summed E-state index contributed by atoms with van der Waals surface area (Å²) in [6.07, 6.45) is 3.68. The van der Waals surface area contributed by atoms with Crippen molar-refractivity contribution in [3.05, 3.63) is 30.0 Å². The molecule has 6 heteroatoms. The van der Waals surface area contributed by atoms with Crippen LogP contribution in [-0.2, 0) is 20.7 Å². The fourth-order valence-electron chi connectivity index (χ4n) is 3.52. The summed E-state index contributed by atoms with van der Waals surface area (Å²) in [5, 5.41) is 0.955. The number of hydrogen-bond acceptors (Lipinski definition) is 5. The summed E-state index contributed by atoms with van der Waals surface area (Å²) in [5.74, 6) is -0.0883. The first-order valence-corrected chi connectivity index (χ1v) is 9.95. The molecular formula is C22H32N2O4. The molecule has 0 amide bonds. The van der Waals surface area contributed by atoms with Crippen LogP contribution >= 0.6 is 0 Å². The van der Waals surface area contributed by atoms with Gasteiger partial charge in [-0.05, 0) is 58.2 Å². The number of nitrogens with one attached hydrogen (secondary N) is 1. The van der Waals surface area contributed by atoms with Gasteiger partial charge in [0.1, 0.15) is 5.75 Å². The summed E-state index contributed by atoms with van der Waals surface area (Å²) in [4.78, 5) is 29.1. The monoisotopic (exact) mass is 388 g/mol. The zero-order valence-corrected chi connectivity index (χ0v) is 17.6. The Kier molecular flexibility index (Phi) is 8.05. The molecule has 0 unspecified atom stereocenters. The molecule has 0 fully saturated rings. The van der Waals surface area contributed by atoms with Gasteiger partial charge in [-0.2, -0.15) is 0 Å². The maximum Gasteiger partial charge on any atom is 0.311 e. The summed E-state index contributed by atoms with van der Waals surface area (Å²) in [6, 6.07) is 6.61. The molecule has 1 N–H and O–H groups in total. The lowest BCUT2D eigenvalue weighted by Crippen LogP contribution is -2.38. The quantitative estimate of drug-likeness (QED) is 0.490. The van der Waals surface area contributed by atoms with Crippen LogP contribution in [0.2, 0.25) is 0 Å². The zero-order valence-electron chi connectivity index (χ0n) is 17.6. The molecule has 1 heterocycles. The summed E-state index contributed by atoms with van der Waals surface area (Å²) < 4.78 is 10.2. The highest BCUT2D eigenvalue weighted by Crippen LogP contribution is 2.30. The normalized spacial score (nSPS) is 11.6. The minimum absolute atomic E-state index is 0.180. The van der Waals surface area contributed by atoms with Gasteiger partial charge in [0.15, 0.2) is 0 Å². The van der Waals surface area contributed by atoms with Crippen LogP contribution in [0.25, 0.3) is 10.9 Å². The minimum Gasteiger partial charge on any atom is -0.469 e. The number of aromatic nitrogens is 1. The molecule has 1 aromatic heterocycles. The number of H-pyrrole nitrogens is 1. The summed E-state index contributed by atoms with van der Waals surface area (Å²) in [5.41, 5.74) is 2.09. The maximum absolute atomic E-state index is 12.2. The average molecular weight is 389 g/mol. The van der Waals surface area contributed by atoms with E-state index < -0.39 is 0 Å². The van der Waals surface area contributed by atoms with Crippen molar-refractivity contribution in [3.63, 3.8) is 0 Å². The fraction of sp³-hybridized carbons (Fsp3) is 0.545. The predicted molar refractivity (Wildman–Crippen MR) is 110 cm³/mol. The molecule has 0 aliphatic heterocycles. The van der Waals surface area contributed by atoms with Gasteiger partial charge in [-0.15, -0.1) is 0 Å². The van der Waals surface area contributed by atoms with Gasteiger partial charge in [-0.25, -0.2) is 0 Å². The highest BCUT2D eigenvalue weighted by Gasteiger charge is 2.17. The molecule has 0 saturated heterocycles. The van der Waals surface area contributed by atoms with Gasteiger partial charge in [-0.1, -0.05) is 6.07 Å². The molecule has 0 saturated carbocycles. The lowest BCUT2D eigenvalue weighted by Gasteiger charge is -2.30. The van der Waals surface area contributed by atoms with Crippen molar-refractivity contribution in [1.29, 1.82) is 0 Å². The SMILES string of the molecule is COC(=O)CCCC(=O)Oc1cccc2[nH]cc(CCN(C(C)C)C(C)C)c12. The Labute approximate surface area is 167 Å². The van der Waals surface area contributed by atoms with Crippen molar-refractivity contribution >= 4 is 22.8 Å². The predicted octanol–water partition coefficient (Wildman–Crippen LogP) is 4.08. The molecule has 2 aromatic rings. The standard InChI is InChI=1S/C22H32N2O4/c1-15(2)24(16(3)4)13-12-17-14-23-18-8-6-9-19(22(17)18)28-21(26)11-7-10-20(25)27-5/h6,8-9,14-16,23H,7,10-13H2,1-5H3. The minimum atomic E-state index is -0.338. The lowest BCUT2D eigenvalue weighted by atomic mass is 10.1. The molecule has 1 aromatic carbocycles. The molecular weight excluding hydrogens is 356 g/mol. The molecule has 154 valence electrons. The van der Waals surface area contributed by atoms with Crippen molar-refractivity contribution in [2.24, 2.45) is 0 Å². The Morgan fingerprint density at radius 1 is 1.07 bits per heavy atom. The molecule has 2 rings (SSSR count). The molecule has 0 atom stereocenters. The zero-order chi connectivity index (χ0) is 20.7. The van der Waals surface area contributed by atoms with Crippen molar-refractivity contribution in [2.45, 2.75) is 65.5 Å². The van der Waals surface area contributed by atoms with Gasteiger partial charge < -0.3 is 14.5 Å². The molecule has 0 spiro atoms. The van der Waals surface area contributed by atoms with E-state index in [9.17, 15) is 9.59 Å². The largest absolute Gasteiger partial charge is 0.469 e. The van der Waals surface area contributed by atoms with E-state index in [0.29, 0.717) is 24.3 Å². The molecule has 6 nitrogen and oxygen atoms in total. The Balaban J connectivity index is 2.09. The van der Waals surface area contributed by atoms with Gasteiger partial charge in [0.05, 0.1) is 7.11 Å². The molecule has 0 radical (unpaired) electrons. The van der Waals surface area contributed by atoms with Crippen LogP contribution < -0.4 is 4.74 Å². The van der Waals surface area contributed by atoms with Crippen LogP contribution in [-0.4, -0.2) is 47.6 Å². The first-order valence-electron chi connectivity index (χ1n) is 9.95. The van der Waals surface area contributed by atoms with Gasteiger partial charge in [-0.3, -0.25) is 14.5 Å². The van der Waals surface area contributed by atoms with E-state index in [1.807, 2.05) is 24.4 Å².